The zero-order valence-corrected chi connectivity index (χ0v) is 14.9. The van der Waals surface area contributed by atoms with Crippen molar-refractivity contribution in [1.29, 1.82) is 0 Å². The SMILES string of the molecule is Cc1cc(F)ccc1S(=O)(=O)NCCn1c(=O)c(=O)[nH]c2cc(F)ccc21. The van der Waals surface area contributed by atoms with E-state index in [4.69, 9.17) is 0 Å². The quantitative estimate of drug-likeness (QED) is 0.635. The summed E-state index contributed by atoms with van der Waals surface area (Å²) in [5.74, 6) is -1.14. The van der Waals surface area contributed by atoms with E-state index in [1.54, 1.807) is 0 Å². The standard InChI is InChI=1S/C17H15F2N3O4S/c1-10-8-11(18)3-5-15(10)27(25,26)20-6-7-22-14-4-2-12(19)9-13(14)21-16(23)17(22)24/h2-5,8-9,20H,6-7H2,1H3,(H,21,23). The fraction of sp³-hybridized carbons (Fsp3) is 0.176. The highest BCUT2D eigenvalue weighted by Gasteiger charge is 2.17. The summed E-state index contributed by atoms with van der Waals surface area (Å²) in [5.41, 5.74) is -1.21. The molecule has 0 aliphatic heterocycles. The van der Waals surface area contributed by atoms with Gasteiger partial charge in [0.25, 0.3) is 0 Å². The Bertz CT molecular complexity index is 1250. The third-order valence-electron chi connectivity index (χ3n) is 3.99. The van der Waals surface area contributed by atoms with Crippen LogP contribution in [0.4, 0.5) is 8.78 Å². The number of hydrogen-bond acceptors (Lipinski definition) is 4. The molecule has 0 saturated carbocycles. The Balaban J connectivity index is 1.88. The molecule has 0 aliphatic rings. The van der Waals surface area contributed by atoms with Crippen molar-refractivity contribution in [3.05, 3.63) is 74.3 Å². The molecule has 7 nitrogen and oxygen atoms in total. The molecule has 142 valence electrons. The summed E-state index contributed by atoms with van der Waals surface area (Å²) in [7, 11) is -3.94. The number of aromatic amines is 1. The van der Waals surface area contributed by atoms with Crippen molar-refractivity contribution in [3.8, 4) is 0 Å². The molecule has 0 unspecified atom stereocenters. The molecule has 2 aromatic carbocycles. The highest BCUT2D eigenvalue weighted by molar-refractivity contribution is 7.89. The lowest BCUT2D eigenvalue weighted by atomic mass is 10.2. The zero-order chi connectivity index (χ0) is 19.8. The molecule has 0 saturated heterocycles. The molecule has 0 fully saturated rings. The lowest BCUT2D eigenvalue weighted by molar-refractivity contribution is 0.570. The summed E-state index contributed by atoms with van der Waals surface area (Å²) < 4.78 is 54.6. The van der Waals surface area contributed by atoms with Gasteiger partial charge in [-0.1, -0.05) is 0 Å². The number of benzene rings is 2. The first kappa shape index (κ1) is 18.9. The van der Waals surface area contributed by atoms with Gasteiger partial charge in [0.15, 0.2) is 0 Å². The van der Waals surface area contributed by atoms with Gasteiger partial charge in [-0.2, -0.15) is 0 Å². The largest absolute Gasteiger partial charge is 0.316 e. The normalized spacial score (nSPS) is 11.8. The number of fused-ring (bicyclic) bond motifs is 1. The van der Waals surface area contributed by atoms with Crippen molar-refractivity contribution < 1.29 is 17.2 Å². The Morgan fingerprint density at radius 3 is 2.44 bits per heavy atom. The van der Waals surface area contributed by atoms with E-state index in [-0.39, 0.29) is 34.6 Å². The van der Waals surface area contributed by atoms with Crippen molar-refractivity contribution in [2.24, 2.45) is 0 Å². The molecular weight excluding hydrogens is 380 g/mol. The molecule has 0 radical (unpaired) electrons. The molecule has 27 heavy (non-hydrogen) atoms. The maximum atomic E-state index is 13.3. The van der Waals surface area contributed by atoms with E-state index in [1.807, 2.05) is 0 Å². The predicted octanol–water partition coefficient (Wildman–Crippen LogP) is 1.25. The summed E-state index contributed by atoms with van der Waals surface area (Å²) in [4.78, 5) is 26.0. The summed E-state index contributed by atoms with van der Waals surface area (Å²) in [6, 6.07) is 6.79. The molecule has 0 amide bonds. The summed E-state index contributed by atoms with van der Waals surface area (Å²) in [6.45, 7) is 1.11. The van der Waals surface area contributed by atoms with Crippen molar-refractivity contribution in [3.63, 3.8) is 0 Å². The van der Waals surface area contributed by atoms with E-state index in [0.717, 1.165) is 34.9 Å². The Morgan fingerprint density at radius 1 is 1.07 bits per heavy atom. The molecule has 1 aromatic heterocycles. The molecule has 0 atom stereocenters. The van der Waals surface area contributed by atoms with Crippen molar-refractivity contribution in [2.75, 3.05) is 6.54 Å². The van der Waals surface area contributed by atoms with E-state index in [1.165, 1.54) is 13.0 Å². The fourth-order valence-electron chi connectivity index (χ4n) is 2.76. The van der Waals surface area contributed by atoms with Gasteiger partial charge in [-0.15, -0.1) is 0 Å². The minimum atomic E-state index is -3.94. The molecule has 0 spiro atoms. The number of nitrogens with zero attached hydrogens (tertiary/aromatic N) is 1. The van der Waals surface area contributed by atoms with Crippen molar-refractivity contribution in [1.82, 2.24) is 14.3 Å². The first-order chi connectivity index (χ1) is 12.7. The molecular formula is C17H15F2N3O4S. The zero-order valence-electron chi connectivity index (χ0n) is 14.1. The van der Waals surface area contributed by atoms with Gasteiger partial charge in [-0.05, 0) is 48.9 Å². The number of aryl methyl sites for hydroxylation is 1. The van der Waals surface area contributed by atoms with E-state index in [2.05, 4.69) is 9.71 Å². The van der Waals surface area contributed by atoms with Crippen LogP contribution in [0.1, 0.15) is 5.56 Å². The lowest BCUT2D eigenvalue weighted by Gasteiger charge is -2.12. The van der Waals surface area contributed by atoms with Crippen LogP contribution >= 0.6 is 0 Å². The van der Waals surface area contributed by atoms with Crippen LogP contribution in [0.5, 0.6) is 0 Å². The van der Waals surface area contributed by atoms with Crippen LogP contribution in [-0.2, 0) is 16.6 Å². The monoisotopic (exact) mass is 395 g/mol. The molecule has 0 bridgehead atoms. The van der Waals surface area contributed by atoms with Crippen LogP contribution < -0.4 is 15.8 Å². The molecule has 1 heterocycles. The number of hydrogen-bond donors (Lipinski definition) is 2. The molecule has 3 rings (SSSR count). The summed E-state index contributed by atoms with van der Waals surface area (Å²) in [5, 5.41) is 0. The first-order valence-corrected chi connectivity index (χ1v) is 9.35. The second-order valence-corrected chi connectivity index (χ2v) is 7.62. The van der Waals surface area contributed by atoms with Gasteiger partial charge in [0.2, 0.25) is 10.0 Å². The highest BCUT2D eigenvalue weighted by Crippen LogP contribution is 2.16. The number of aromatic nitrogens is 2. The summed E-state index contributed by atoms with van der Waals surface area (Å²) >= 11 is 0. The number of nitrogens with one attached hydrogen (secondary N) is 2. The van der Waals surface area contributed by atoms with Crippen molar-refractivity contribution >= 4 is 21.1 Å². The van der Waals surface area contributed by atoms with Gasteiger partial charge in [0.05, 0.1) is 15.9 Å². The van der Waals surface area contributed by atoms with Gasteiger partial charge in [0, 0.05) is 13.1 Å². The fourth-order valence-corrected chi connectivity index (χ4v) is 4.00. The van der Waals surface area contributed by atoms with Gasteiger partial charge >= 0.3 is 11.1 Å². The van der Waals surface area contributed by atoms with Gasteiger partial charge in [-0.3, -0.25) is 9.59 Å². The lowest BCUT2D eigenvalue weighted by Crippen LogP contribution is -2.39. The minimum absolute atomic E-state index is 0.0888. The topological polar surface area (TPSA) is 101 Å². The maximum Gasteiger partial charge on any atom is 0.316 e. The van der Waals surface area contributed by atoms with Gasteiger partial charge in [-0.25, -0.2) is 21.9 Å². The minimum Gasteiger partial charge on any atom is -0.316 e. The molecule has 0 aliphatic carbocycles. The van der Waals surface area contributed by atoms with Gasteiger partial charge in [0.1, 0.15) is 11.6 Å². The Kier molecular flexibility index (Phi) is 4.94. The van der Waals surface area contributed by atoms with Crippen LogP contribution in [-0.4, -0.2) is 24.5 Å². The average Bonchev–Trinajstić information content (AvgIpc) is 2.57. The third kappa shape index (κ3) is 3.81. The number of halogens is 2. The van der Waals surface area contributed by atoms with Crippen LogP contribution in [0.15, 0.2) is 50.9 Å². The number of rotatable bonds is 5. The van der Waals surface area contributed by atoms with E-state index >= 15 is 0 Å². The van der Waals surface area contributed by atoms with Crippen LogP contribution in [0.2, 0.25) is 0 Å². The maximum absolute atomic E-state index is 13.3. The van der Waals surface area contributed by atoms with Crippen molar-refractivity contribution in [2.45, 2.75) is 18.4 Å². The second-order valence-electron chi connectivity index (χ2n) is 5.88. The Morgan fingerprint density at radius 2 is 1.74 bits per heavy atom. The number of sulfonamides is 1. The number of H-pyrrole nitrogens is 1. The van der Waals surface area contributed by atoms with Crippen LogP contribution in [0.25, 0.3) is 11.0 Å². The molecule has 2 N–H and O–H groups in total. The van der Waals surface area contributed by atoms with E-state index < -0.39 is 32.8 Å². The van der Waals surface area contributed by atoms with E-state index in [0.29, 0.717) is 0 Å². The molecule has 10 heteroatoms. The summed E-state index contributed by atoms with van der Waals surface area (Å²) in [6.07, 6.45) is 0. The second kappa shape index (κ2) is 7.05. The Hall–Kier alpha value is -2.85. The van der Waals surface area contributed by atoms with Gasteiger partial charge < -0.3 is 9.55 Å². The van der Waals surface area contributed by atoms with Crippen LogP contribution in [0, 0.1) is 18.6 Å². The first-order valence-electron chi connectivity index (χ1n) is 7.87. The average molecular weight is 395 g/mol. The molecule has 3 aromatic rings. The third-order valence-corrected chi connectivity index (χ3v) is 5.61. The predicted molar refractivity (Wildman–Crippen MR) is 95.1 cm³/mol. The highest BCUT2D eigenvalue weighted by atomic mass is 32.2. The smallest absolute Gasteiger partial charge is 0.316 e. The van der Waals surface area contributed by atoms with E-state index in [9.17, 15) is 26.8 Å². The Labute approximate surface area is 152 Å². The van der Waals surface area contributed by atoms with Crippen LogP contribution in [0.3, 0.4) is 0 Å².